The molecule has 2 aliphatic rings. The summed E-state index contributed by atoms with van der Waals surface area (Å²) in [5.41, 5.74) is 1.64. The van der Waals surface area contributed by atoms with E-state index < -0.39 is 16.1 Å². The van der Waals surface area contributed by atoms with Gasteiger partial charge in [0, 0.05) is 24.7 Å². The lowest BCUT2D eigenvalue weighted by Crippen LogP contribution is -2.51. The van der Waals surface area contributed by atoms with E-state index in [1.165, 1.54) is 4.31 Å². The topological polar surface area (TPSA) is 95.6 Å². The highest BCUT2D eigenvalue weighted by molar-refractivity contribution is 7.88. The number of nitrogens with one attached hydrogen (secondary N) is 2. The van der Waals surface area contributed by atoms with Crippen LogP contribution in [0.2, 0.25) is 0 Å². The van der Waals surface area contributed by atoms with Crippen LogP contribution in [0.25, 0.3) is 0 Å². The van der Waals surface area contributed by atoms with E-state index in [9.17, 15) is 18.0 Å². The molecule has 7 nitrogen and oxygen atoms in total. The summed E-state index contributed by atoms with van der Waals surface area (Å²) in [6, 6.07) is 6.68. The zero-order valence-electron chi connectivity index (χ0n) is 14.9. The Bertz CT molecular complexity index is 772. The average Bonchev–Trinajstić information content (AvgIpc) is 3.45. The molecule has 142 valence electrons. The predicted molar refractivity (Wildman–Crippen MR) is 98.8 cm³/mol. The van der Waals surface area contributed by atoms with Gasteiger partial charge in [0.05, 0.1) is 6.26 Å². The Balaban J connectivity index is 1.54. The van der Waals surface area contributed by atoms with Crippen LogP contribution in [0.3, 0.4) is 0 Å². The van der Waals surface area contributed by atoms with Crippen LogP contribution >= 0.6 is 0 Å². The minimum atomic E-state index is -3.39. The second-order valence-electron chi connectivity index (χ2n) is 7.06. The molecule has 26 heavy (non-hydrogen) atoms. The van der Waals surface area contributed by atoms with E-state index in [1.54, 1.807) is 0 Å². The van der Waals surface area contributed by atoms with Gasteiger partial charge >= 0.3 is 0 Å². The van der Waals surface area contributed by atoms with E-state index in [0.29, 0.717) is 19.5 Å². The molecule has 2 N–H and O–H groups in total. The maximum absolute atomic E-state index is 12.4. The molecule has 1 aromatic rings. The molecule has 1 aromatic carbocycles. The monoisotopic (exact) mass is 379 g/mol. The van der Waals surface area contributed by atoms with Crippen LogP contribution in [0.4, 0.5) is 5.69 Å². The number of carbonyl (C=O) groups excluding carboxylic acids is 2. The third-order valence-corrected chi connectivity index (χ3v) is 6.11. The van der Waals surface area contributed by atoms with Gasteiger partial charge in [0.2, 0.25) is 21.8 Å². The van der Waals surface area contributed by atoms with E-state index in [0.717, 1.165) is 43.2 Å². The first-order valence-corrected chi connectivity index (χ1v) is 10.8. The zero-order chi connectivity index (χ0) is 18.7. The standard InChI is InChI=1S/C18H25N3O4S/c1-26(24,25)21-11-3-2-4-16(21)18(23)19-12-13-5-9-15(10-6-13)20-17(22)14-7-8-14/h5-6,9-10,14,16H,2-4,7-8,11-12H2,1H3,(H,19,23)(H,20,22). The van der Waals surface area contributed by atoms with Crippen molar-refractivity contribution in [3.05, 3.63) is 29.8 Å². The number of nitrogens with zero attached hydrogens (tertiary/aromatic N) is 1. The Labute approximate surface area is 154 Å². The largest absolute Gasteiger partial charge is 0.351 e. The van der Waals surface area contributed by atoms with Crippen molar-refractivity contribution in [2.24, 2.45) is 5.92 Å². The molecule has 0 aromatic heterocycles. The van der Waals surface area contributed by atoms with Crippen LogP contribution in [0.15, 0.2) is 24.3 Å². The summed E-state index contributed by atoms with van der Waals surface area (Å²) in [7, 11) is -3.39. The minimum Gasteiger partial charge on any atom is -0.351 e. The number of carbonyl (C=O) groups is 2. The van der Waals surface area contributed by atoms with E-state index in [-0.39, 0.29) is 17.7 Å². The third kappa shape index (κ3) is 4.82. The normalized spacial score (nSPS) is 21.2. The van der Waals surface area contributed by atoms with E-state index in [4.69, 9.17) is 0 Å². The smallest absolute Gasteiger partial charge is 0.238 e. The molecule has 2 amide bonds. The molecule has 1 heterocycles. The SMILES string of the molecule is CS(=O)(=O)N1CCCCC1C(=O)NCc1ccc(NC(=O)C2CC2)cc1. The third-order valence-electron chi connectivity index (χ3n) is 4.82. The molecule has 1 saturated carbocycles. The van der Waals surface area contributed by atoms with Crippen molar-refractivity contribution in [2.45, 2.75) is 44.7 Å². The molecule has 0 spiro atoms. The summed E-state index contributed by atoms with van der Waals surface area (Å²) >= 11 is 0. The number of amides is 2. The number of hydrogen-bond donors (Lipinski definition) is 2. The van der Waals surface area contributed by atoms with Gasteiger partial charge in [0.1, 0.15) is 6.04 Å². The Morgan fingerprint density at radius 3 is 2.38 bits per heavy atom. The fourth-order valence-corrected chi connectivity index (χ4v) is 4.29. The number of sulfonamides is 1. The summed E-state index contributed by atoms with van der Waals surface area (Å²) in [4.78, 5) is 24.2. The van der Waals surface area contributed by atoms with Crippen LogP contribution in [0.1, 0.15) is 37.7 Å². The highest BCUT2D eigenvalue weighted by atomic mass is 32.2. The Kier molecular flexibility index (Phi) is 5.62. The summed E-state index contributed by atoms with van der Waals surface area (Å²) < 4.78 is 25.0. The second kappa shape index (κ2) is 7.75. The summed E-state index contributed by atoms with van der Waals surface area (Å²) in [6.07, 6.45) is 5.24. The molecule has 0 radical (unpaired) electrons. The van der Waals surface area contributed by atoms with Crippen LogP contribution in [-0.2, 0) is 26.2 Å². The predicted octanol–water partition coefficient (Wildman–Crippen LogP) is 1.47. The molecule has 8 heteroatoms. The minimum absolute atomic E-state index is 0.0595. The maximum atomic E-state index is 12.4. The van der Waals surface area contributed by atoms with Crippen molar-refractivity contribution in [1.82, 2.24) is 9.62 Å². The number of piperidine rings is 1. The fraction of sp³-hybridized carbons (Fsp3) is 0.556. The van der Waals surface area contributed by atoms with Crippen molar-refractivity contribution in [3.8, 4) is 0 Å². The van der Waals surface area contributed by atoms with Crippen molar-refractivity contribution in [2.75, 3.05) is 18.1 Å². The van der Waals surface area contributed by atoms with Crippen molar-refractivity contribution in [3.63, 3.8) is 0 Å². The molecular formula is C18H25N3O4S. The van der Waals surface area contributed by atoms with E-state index in [1.807, 2.05) is 24.3 Å². The lowest BCUT2D eigenvalue weighted by molar-refractivity contribution is -0.125. The number of anilines is 1. The second-order valence-corrected chi connectivity index (χ2v) is 9.00. The van der Waals surface area contributed by atoms with Crippen LogP contribution in [0, 0.1) is 5.92 Å². The van der Waals surface area contributed by atoms with Gasteiger partial charge < -0.3 is 10.6 Å². The number of hydrogen-bond acceptors (Lipinski definition) is 4. The molecular weight excluding hydrogens is 354 g/mol. The first-order chi connectivity index (χ1) is 12.3. The van der Waals surface area contributed by atoms with Crippen LogP contribution < -0.4 is 10.6 Å². The van der Waals surface area contributed by atoms with Crippen molar-refractivity contribution >= 4 is 27.5 Å². The van der Waals surface area contributed by atoms with Gasteiger partial charge in [-0.25, -0.2) is 8.42 Å². The van der Waals surface area contributed by atoms with E-state index >= 15 is 0 Å². The summed E-state index contributed by atoms with van der Waals surface area (Å²) in [5.74, 6) is -0.0484. The van der Waals surface area contributed by atoms with Gasteiger partial charge in [0.15, 0.2) is 0 Å². The first-order valence-electron chi connectivity index (χ1n) is 8.99. The molecule has 1 atom stereocenters. The lowest BCUT2D eigenvalue weighted by atomic mass is 10.0. The summed E-state index contributed by atoms with van der Waals surface area (Å²) in [6.45, 7) is 0.718. The molecule has 0 bridgehead atoms. The van der Waals surface area contributed by atoms with Gasteiger partial charge in [-0.2, -0.15) is 4.31 Å². The van der Waals surface area contributed by atoms with Crippen LogP contribution in [0.5, 0.6) is 0 Å². The lowest BCUT2D eigenvalue weighted by Gasteiger charge is -2.32. The van der Waals surface area contributed by atoms with Gasteiger partial charge in [0.25, 0.3) is 0 Å². The van der Waals surface area contributed by atoms with Gasteiger partial charge in [-0.3, -0.25) is 9.59 Å². The molecule has 1 aliphatic carbocycles. The Morgan fingerprint density at radius 2 is 1.77 bits per heavy atom. The molecule has 1 saturated heterocycles. The molecule has 3 rings (SSSR count). The maximum Gasteiger partial charge on any atom is 0.238 e. The van der Waals surface area contributed by atoms with E-state index in [2.05, 4.69) is 10.6 Å². The Morgan fingerprint density at radius 1 is 1.08 bits per heavy atom. The quantitative estimate of drug-likeness (QED) is 0.782. The van der Waals surface area contributed by atoms with Gasteiger partial charge in [-0.1, -0.05) is 18.6 Å². The molecule has 2 fully saturated rings. The fourth-order valence-electron chi connectivity index (χ4n) is 3.17. The van der Waals surface area contributed by atoms with Crippen LogP contribution in [-0.4, -0.2) is 43.4 Å². The summed E-state index contributed by atoms with van der Waals surface area (Å²) in [5, 5.41) is 5.70. The Hall–Kier alpha value is -1.93. The average molecular weight is 379 g/mol. The van der Waals surface area contributed by atoms with Gasteiger partial charge in [-0.15, -0.1) is 0 Å². The zero-order valence-corrected chi connectivity index (χ0v) is 15.7. The molecule has 1 aliphatic heterocycles. The highest BCUT2D eigenvalue weighted by Crippen LogP contribution is 2.30. The van der Waals surface area contributed by atoms with Crippen molar-refractivity contribution < 1.29 is 18.0 Å². The number of benzene rings is 1. The van der Waals surface area contributed by atoms with Crippen molar-refractivity contribution in [1.29, 1.82) is 0 Å². The molecule has 1 unspecified atom stereocenters. The highest BCUT2D eigenvalue weighted by Gasteiger charge is 2.34. The number of rotatable bonds is 6. The van der Waals surface area contributed by atoms with Gasteiger partial charge in [-0.05, 0) is 43.4 Å². The first kappa shape index (κ1) is 18.8.